The highest BCUT2D eigenvalue weighted by Crippen LogP contribution is 2.14. The molecule has 26 heavy (non-hydrogen) atoms. The number of halogens is 1. The van der Waals surface area contributed by atoms with Crippen LogP contribution in [-0.4, -0.2) is 30.1 Å². The highest BCUT2D eigenvalue weighted by molar-refractivity contribution is 9.10. The predicted octanol–water partition coefficient (Wildman–Crippen LogP) is 1.52. The maximum Gasteiger partial charge on any atom is 0.261 e. The Labute approximate surface area is 155 Å². The van der Waals surface area contributed by atoms with Gasteiger partial charge in [0.25, 0.3) is 5.56 Å². The summed E-state index contributed by atoms with van der Waals surface area (Å²) >= 11 is 3.34. The fourth-order valence-corrected chi connectivity index (χ4v) is 3.00. The van der Waals surface area contributed by atoms with Crippen LogP contribution in [0.2, 0.25) is 0 Å². The van der Waals surface area contributed by atoms with Gasteiger partial charge in [-0.25, -0.2) is 4.98 Å². The third-order valence-electron chi connectivity index (χ3n) is 3.93. The number of aromatic nitrogens is 5. The van der Waals surface area contributed by atoms with Gasteiger partial charge in [0.15, 0.2) is 11.5 Å². The Morgan fingerprint density at radius 1 is 1.19 bits per heavy atom. The first-order valence-electron chi connectivity index (χ1n) is 7.82. The molecule has 9 heteroatoms. The highest BCUT2D eigenvalue weighted by Gasteiger charge is 2.10. The molecule has 0 aliphatic rings. The molecule has 1 aromatic carbocycles. The molecular weight excluding hydrogens is 400 g/mol. The largest absolute Gasteiger partial charge is 0.347 e. The van der Waals surface area contributed by atoms with E-state index in [1.165, 1.54) is 10.9 Å². The van der Waals surface area contributed by atoms with Crippen molar-refractivity contribution in [3.05, 3.63) is 69.6 Å². The summed E-state index contributed by atoms with van der Waals surface area (Å²) < 4.78 is 3.86. The van der Waals surface area contributed by atoms with Crippen molar-refractivity contribution in [3.63, 3.8) is 0 Å². The molecule has 0 unspecified atom stereocenters. The van der Waals surface area contributed by atoms with Crippen LogP contribution in [0.25, 0.3) is 16.6 Å². The Morgan fingerprint density at radius 2 is 2.08 bits per heavy atom. The molecule has 4 rings (SSSR count). The lowest BCUT2D eigenvalue weighted by Crippen LogP contribution is -2.32. The molecule has 0 aliphatic carbocycles. The molecule has 4 aromatic rings. The molecule has 0 spiro atoms. The summed E-state index contributed by atoms with van der Waals surface area (Å²) in [6.07, 6.45) is 3.21. The third kappa shape index (κ3) is 3.08. The van der Waals surface area contributed by atoms with Crippen LogP contribution in [0.3, 0.4) is 0 Å². The van der Waals surface area contributed by atoms with Gasteiger partial charge in [0.05, 0.1) is 23.8 Å². The van der Waals surface area contributed by atoms with Crippen molar-refractivity contribution in [3.8, 4) is 0 Å². The normalized spacial score (nSPS) is 11.1. The molecule has 3 aromatic heterocycles. The van der Waals surface area contributed by atoms with E-state index in [0.29, 0.717) is 22.4 Å². The Hall–Kier alpha value is -3.07. The van der Waals surface area contributed by atoms with Gasteiger partial charge in [0.2, 0.25) is 5.91 Å². The zero-order valence-electron chi connectivity index (χ0n) is 13.5. The fraction of sp³-hybridized carbons (Fsp3) is 0.118. The van der Waals surface area contributed by atoms with E-state index >= 15 is 0 Å². The van der Waals surface area contributed by atoms with E-state index in [9.17, 15) is 9.59 Å². The number of nitrogens with one attached hydrogen (secondary N) is 1. The van der Waals surface area contributed by atoms with Crippen molar-refractivity contribution in [1.82, 2.24) is 29.5 Å². The number of hydrogen-bond acceptors (Lipinski definition) is 5. The number of rotatable bonds is 4. The van der Waals surface area contributed by atoms with E-state index < -0.39 is 0 Å². The first-order chi connectivity index (χ1) is 12.6. The number of carbonyl (C=O) groups is 1. The summed E-state index contributed by atoms with van der Waals surface area (Å²) in [4.78, 5) is 29.0. The molecule has 0 fully saturated rings. The third-order valence-corrected chi connectivity index (χ3v) is 4.42. The highest BCUT2D eigenvalue weighted by atomic mass is 79.9. The number of fused-ring (bicyclic) bond motifs is 2. The second-order valence-corrected chi connectivity index (χ2v) is 6.58. The minimum Gasteiger partial charge on any atom is -0.347 e. The van der Waals surface area contributed by atoms with Crippen molar-refractivity contribution >= 4 is 38.4 Å². The predicted molar refractivity (Wildman–Crippen MR) is 98.5 cm³/mol. The minimum absolute atomic E-state index is 0.120. The smallest absolute Gasteiger partial charge is 0.261 e. The van der Waals surface area contributed by atoms with E-state index in [2.05, 4.69) is 36.4 Å². The number of carbonyl (C=O) groups excluding carboxylic acids is 1. The molecule has 0 atom stereocenters. The zero-order valence-corrected chi connectivity index (χ0v) is 15.0. The summed E-state index contributed by atoms with van der Waals surface area (Å²) in [6.45, 7) is 0.0936. The molecule has 130 valence electrons. The van der Waals surface area contributed by atoms with Crippen LogP contribution in [0.15, 0.2) is 58.2 Å². The molecule has 8 nitrogen and oxygen atoms in total. The molecule has 0 saturated carbocycles. The quantitative estimate of drug-likeness (QED) is 0.548. The summed E-state index contributed by atoms with van der Waals surface area (Å²) in [7, 11) is 0. The lowest BCUT2D eigenvalue weighted by molar-refractivity contribution is -0.121. The van der Waals surface area contributed by atoms with Gasteiger partial charge < -0.3 is 5.32 Å². The van der Waals surface area contributed by atoms with E-state index in [-0.39, 0.29) is 24.6 Å². The first-order valence-corrected chi connectivity index (χ1v) is 8.61. The van der Waals surface area contributed by atoms with Gasteiger partial charge in [-0.3, -0.25) is 18.6 Å². The minimum atomic E-state index is -0.309. The van der Waals surface area contributed by atoms with Gasteiger partial charge >= 0.3 is 0 Å². The van der Waals surface area contributed by atoms with Crippen molar-refractivity contribution in [2.45, 2.75) is 13.1 Å². The number of nitrogens with zero attached hydrogens (tertiary/aromatic N) is 5. The molecule has 0 bridgehead atoms. The SMILES string of the molecule is O=C(Cn1cnc2ccc(Br)cc2c1=O)NCc1nnc2ccccn12. The summed E-state index contributed by atoms with van der Waals surface area (Å²) in [5.41, 5.74) is 1.03. The molecule has 1 amide bonds. The van der Waals surface area contributed by atoms with Crippen LogP contribution in [0.4, 0.5) is 0 Å². The van der Waals surface area contributed by atoms with Gasteiger partial charge in [-0.05, 0) is 30.3 Å². The van der Waals surface area contributed by atoms with E-state index in [0.717, 1.165) is 4.47 Å². The average molecular weight is 413 g/mol. The van der Waals surface area contributed by atoms with Crippen LogP contribution in [-0.2, 0) is 17.9 Å². The number of hydrogen-bond donors (Lipinski definition) is 1. The standard InChI is InChI=1S/C17H13BrN6O2/c18-11-4-5-13-12(7-11)17(26)23(10-20-13)9-16(25)19-8-15-22-21-14-3-1-2-6-24(14)15/h1-7,10H,8-9H2,(H,19,25). The monoisotopic (exact) mass is 412 g/mol. The van der Waals surface area contributed by atoms with Crippen LogP contribution in [0, 0.1) is 0 Å². The Morgan fingerprint density at radius 3 is 2.96 bits per heavy atom. The molecule has 3 heterocycles. The molecular formula is C17H13BrN6O2. The Kier molecular flexibility index (Phi) is 4.21. The van der Waals surface area contributed by atoms with E-state index in [1.807, 2.05) is 30.5 Å². The lowest BCUT2D eigenvalue weighted by atomic mass is 10.2. The molecule has 1 N–H and O–H groups in total. The zero-order chi connectivity index (χ0) is 18.1. The lowest BCUT2D eigenvalue weighted by Gasteiger charge is -2.07. The Balaban J connectivity index is 1.50. The first kappa shape index (κ1) is 16.4. The molecule has 0 radical (unpaired) electrons. The second-order valence-electron chi connectivity index (χ2n) is 5.66. The van der Waals surface area contributed by atoms with Crippen molar-refractivity contribution < 1.29 is 4.79 Å². The number of benzene rings is 1. The maximum absolute atomic E-state index is 12.5. The van der Waals surface area contributed by atoms with Gasteiger partial charge in [-0.2, -0.15) is 0 Å². The molecule has 0 aliphatic heterocycles. The van der Waals surface area contributed by atoms with Crippen LogP contribution < -0.4 is 10.9 Å². The number of amides is 1. The van der Waals surface area contributed by atoms with Gasteiger partial charge in [-0.15, -0.1) is 10.2 Å². The van der Waals surface area contributed by atoms with Crippen molar-refractivity contribution in [2.24, 2.45) is 0 Å². The van der Waals surface area contributed by atoms with Gasteiger partial charge in [0.1, 0.15) is 6.54 Å². The maximum atomic E-state index is 12.5. The topological polar surface area (TPSA) is 94.2 Å². The fourth-order valence-electron chi connectivity index (χ4n) is 2.64. The van der Waals surface area contributed by atoms with Crippen molar-refractivity contribution in [1.29, 1.82) is 0 Å². The number of pyridine rings is 1. The van der Waals surface area contributed by atoms with E-state index in [1.54, 1.807) is 16.5 Å². The van der Waals surface area contributed by atoms with E-state index in [4.69, 9.17) is 0 Å². The van der Waals surface area contributed by atoms with Crippen LogP contribution >= 0.6 is 15.9 Å². The summed E-state index contributed by atoms with van der Waals surface area (Å²) in [6, 6.07) is 10.8. The average Bonchev–Trinajstić information content (AvgIpc) is 3.06. The van der Waals surface area contributed by atoms with Gasteiger partial charge in [0, 0.05) is 10.7 Å². The van der Waals surface area contributed by atoms with Crippen LogP contribution in [0.1, 0.15) is 5.82 Å². The summed E-state index contributed by atoms with van der Waals surface area (Å²) in [5, 5.41) is 11.3. The van der Waals surface area contributed by atoms with Crippen molar-refractivity contribution in [2.75, 3.05) is 0 Å². The molecule has 0 saturated heterocycles. The summed E-state index contributed by atoms with van der Waals surface area (Å²) in [5.74, 6) is 0.304. The van der Waals surface area contributed by atoms with Gasteiger partial charge in [-0.1, -0.05) is 22.0 Å². The second kappa shape index (κ2) is 6.68. The Bertz CT molecular complexity index is 1180. The van der Waals surface area contributed by atoms with Crippen LogP contribution in [0.5, 0.6) is 0 Å².